The van der Waals surface area contributed by atoms with E-state index in [1.807, 2.05) is 13.8 Å². The average molecular weight is 216 g/mol. The molecule has 0 unspecified atom stereocenters. The number of fused-ring (bicyclic) bond motifs is 1. The molecular weight excluding hydrogens is 196 g/mol. The quantitative estimate of drug-likeness (QED) is 0.722. The maximum atomic E-state index is 5.84. The molecule has 2 heterocycles. The fourth-order valence-corrected chi connectivity index (χ4v) is 2.40. The summed E-state index contributed by atoms with van der Waals surface area (Å²) in [6.45, 7) is 5.99. The Hall–Kier alpha value is -0.160. The van der Waals surface area contributed by atoms with Crippen molar-refractivity contribution >= 4 is 0 Å². The van der Waals surface area contributed by atoms with E-state index in [-0.39, 0.29) is 24.6 Å². The molecule has 2 fully saturated rings. The molecule has 2 saturated heterocycles. The number of hydrogen-bond donors (Lipinski definition) is 0. The van der Waals surface area contributed by atoms with Crippen molar-refractivity contribution in [3.63, 3.8) is 0 Å². The summed E-state index contributed by atoms with van der Waals surface area (Å²) in [5.41, 5.74) is 0. The van der Waals surface area contributed by atoms with Crippen LogP contribution in [0.15, 0.2) is 0 Å². The molecule has 0 amide bonds. The van der Waals surface area contributed by atoms with Crippen LogP contribution < -0.4 is 0 Å². The van der Waals surface area contributed by atoms with E-state index in [9.17, 15) is 0 Å². The molecule has 0 spiro atoms. The average Bonchev–Trinajstić information content (AvgIpc) is 2.60. The third kappa shape index (κ3) is 2.04. The van der Waals surface area contributed by atoms with Gasteiger partial charge >= 0.3 is 0 Å². The van der Waals surface area contributed by atoms with E-state index < -0.39 is 5.79 Å². The van der Waals surface area contributed by atoms with Crippen LogP contribution >= 0.6 is 0 Å². The maximum Gasteiger partial charge on any atom is 0.190 e. The van der Waals surface area contributed by atoms with Gasteiger partial charge < -0.3 is 18.9 Å². The van der Waals surface area contributed by atoms with Gasteiger partial charge in [0.1, 0.15) is 6.10 Å². The van der Waals surface area contributed by atoms with Crippen LogP contribution in [0.3, 0.4) is 0 Å². The molecular formula is C11H20O4. The lowest BCUT2D eigenvalue weighted by Gasteiger charge is -2.24. The first-order valence-corrected chi connectivity index (χ1v) is 5.61. The molecule has 4 nitrogen and oxygen atoms in total. The minimum atomic E-state index is -0.528. The molecule has 0 aliphatic carbocycles. The number of hydrogen-bond acceptors (Lipinski definition) is 4. The van der Waals surface area contributed by atoms with Gasteiger partial charge in [0.2, 0.25) is 0 Å². The Bertz CT molecular complexity index is 229. The zero-order valence-electron chi connectivity index (χ0n) is 9.86. The van der Waals surface area contributed by atoms with Crippen LogP contribution in [0.2, 0.25) is 0 Å². The first-order valence-electron chi connectivity index (χ1n) is 5.61. The molecule has 88 valence electrons. The summed E-state index contributed by atoms with van der Waals surface area (Å²) in [7, 11) is 1.67. The van der Waals surface area contributed by atoms with Crippen LogP contribution in [-0.2, 0) is 18.9 Å². The Morgan fingerprint density at radius 1 is 1.27 bits per heavy atom. The van der Waals surface area contributed by atoms with E-state index in [0.29, 0.717) is 0 Å². The van der Waals surface area contributed by atoms with Gasteiger partial charge in [-0.2, -0.15) is 0 Å². The van der Waals surface area contributed by atoms with Gasteiger partial charge in [-0.25, -0.2) is 0 Å². The molecule has 4 heteroatoms. The van der Waals surface area contributed by atoms with Crippen molar-refractivity contribution in [3.05, 3.63) is 0 Å². The number of ether oxygens (including phenoxy) is 4. The zero-order valence-corrected chi connectivity index (χ0v) is 9.86. The molecule has 15 heavy (non-hydrogen) atoms. The zero-order chi connectivity index (χ0) is 11.1. The molecule has 0 aromatic rings. The van der Waals surface area contributed by atoms with Crippen molar-refractivity contribution in [2.24, 2.45) is 5.92 Å². The van der Waals surface area contributed by atoms with Gasteiger partial charge in [-0.3, -0.25) is 0 Å². The van der Waals surface area contributed by atoms with Gasteiger partial charge in [0.15, 0.2) is 18.4 Å². The van der Waals surface area contributed by atoms with Gasteiger partial charge in [0.05, 0.1) is 0 Å². The fraction of sp³-hybridized carbons (Fsp3) is 1.00. The van der Waals surface area contributed by atoms with Gasteiger partial charge in [-0.1, -0.05) is 13.3 Å². The summed E-state index contributed by atoms with van der Waals surface area (Å²) >= 11 is 0. The van der Waals surface area contributed by atoms with Crippen molar-refractivity contribution < 1.29 is 18.9 Å². The highest BCUT2D eigenvalue weighted by Gasteiger charge is 2.54. The lowest BCUT2D eigenvalue weighted by atomic mass is 9.98. The molecule has 0 aromatic heterocycles. The molecule has 0 N–H and O–H groups in total. The van der Waals surface area contributed by atoms with Crippen molar-refractivity contribution in [1.82, 2.24) is 0 Å². The first kappa shape index (κ1) is 11.3. The normalized spacial score (nSPS) is 43.2. The standard InChI is InChI=1S/C11H20O4/c1-5-6-7-8-10(13-9(7)12-4)15-11(2,3)14-8/h7-10H,5-6H2,1-4H3/t7-,8+,9-,10+/m0/s1. The number of methoxy groups -OCH3 is 1. The van der Waals surface area contributed by atoms with Gasteiger partial charge in [0, 0.05) is 13.0 Å². The highest BCUT2D eigenvalue weighted by molar-refractivity contribution is 4.89. The third-order valence-corrected chi connectivity index (χ3v) is 2.98. The summed E-state index contributed by atoms with van der Waals surface area (Å²) in [5, 5.41) is 0. The van der Waals surface area contributed by atoms with Crippen molar-refractivity contribution in [1.29, 1.82) is 0 Å². The van der Waals surface area contributed by atoms with Crippen molar-refractivity contribution in [2.75, 3.05) is 7.11 Å². The summed E-state index contributed by atoms with van der Waals surface area (Å²) < 4.78 is 22.5. The smallest absolute Gasteiger partial charge is 0.190 e. The number of rotatable bonds is 3. The second kappa shape index (κ2) is 4.01. The van der Waals surface area contributed by atoms with Crippen LogP contribution in [0, 0.1) is 5.92 Å². The van der Waals surface area contributed by atoms with Gasteiger partial charge in [-0.15, -0.1) is 0 Å². The van der Waals surface area contributed by atoms with Crippen LogP contribution in [0.1, 0.15) is 33.6 Å². The maximum absolute atomic E-state index is 5.84. The van der Waals surface area contributed by atoms with Crippen LogP contribution in [-0.4, -0.2) is 31.6 Å². The summed E-state index contributed by atoms with van der Waals surface area (Å²) in [5.74, 6) is -0.244. The van der Waals surface area contributed by atoms with E-state index in [2.05, 4.69) is 6.92 Å². The molecule has 2 rings (SSSR count). The molecule has 4 atom stereocenters. The molecule has 2 aliphatic rings. The van der Waals surface area contributed by atoms with Crippen LogP contribution in [0.5, 0.6) is 0 Å². The first-order chi connectivity index (χ1) is 7.07. The SMILES string of the molecule is CCC[C@@H]1[C@@H](OC)O[C@@H]2OC(C)(C)O[C@@H]21. The topological polar surface area (TPSA) is 36.9 Å². The summed E-state index contributed by atoms with van der Waals surface area (Å²) in [6.07, 6.45) is 1.71. The second-order valence-corrected chi connectivity index (χ2v) is 4.66. The van der Waals surface area contributed by atoms with Crippen LogP contribution in [0.4, 0.5) is 0 Å². The van der Waals surface area contributed by atoms with E-state index in [1.165, 1.54) is 0 Å². The van der Waals surface area contributed by atoms with Crippen molar-refractivity contribution in [2.45, 2.75) is 58.1 Å². The fourth-order valence-electron chi connectivity index (χ4n) is 2.40. The van der Waals surface area contributed by atoms with E-state index in [0.717, 1.165) is 12.8 Å². The summed E-state index contributed by atoms with van der Waals surface area (Å²) in [4.78, 5) is 0. The molecule has 2 aliphatic heterocycles. The molecule has 0 bridgehead atoms. The van der Waals surface area contributed by atoms with Crippen LogP contribution in [0.25, 0.3) is 0 Å². The lowest BCUT2D eigenvalue weighted by molar-refractivity contribution is -0.249. The highest BCUT2D eigenvalue weighted by Crippen LogP contribution is 2.42. The monoisotopic (exact) mass is 216 g/mol. The van der Waals surface area contributed by atoms with Crippen molar-refractivity contribution in [3.8, 4) is 0 Å². The van der Waals surface area contributed by atoms with E-state index >= 15 is 0 Å². The van der Waals surface area contributed by atoms with Gasteiger partial charge in [0.25, 0.3) is 0 Å². The Morgan fingerprint density at radius 2 is 2.00 bits per heavy atom. The Balaban J connectivity index is 2.07. The van der Waals surface area contributed by atoms with Gasteiger partial charge in [-0.05, 0) is 20.3 Å². The predicted octanol–water partition coefficient (Wildman–Crippen LogP) is 1.88. The predicted molar refractivity (Wildman–Crippen MR) is 54.1 cm³/mol. The highest BCUT2D eigenvalue weighted by atomic mass is 16.9. The molecule has 0 saturated carbocycles. The minimum Gasteiger partial charge on any atom is -0.355 e. The largest absolute Gasteiger partial charge is 0.355 e. The second-order valence-electron chi connectivity index (χ2n) is 4.66. The third-order valence-electron chi connectivity index (χ3n) is 2.98. The molecule has 0 aromatic carbocycles. The minimum absolute atomic E-state index is 0.0184. The van der Waals surface area contributed by atoms with E-state index in [4.69, 9.17) is 18.9 Å². The molecule has 0 radical (unpaired) electrons. The Morgan fingerprint density at radius 3 is 2.60 bits per heavy atom. The lowest BCUT2D eigenvalue weighted by Crippen LogP contribution is -2.30. The van der Waals surface area contributed by atoms with E-state index in [1.54, 1.807) is 7.11 Å². The Kier molecular flexibility index (Phi) is 3.03. The Labute approximate surface area is 90.8 Å². The summed E-state index contributed by atoms with van der Waals surface area (Å²) in [6, 6.07) is 0.